The van der Waals surface area contributed by atoms with Crippen LogP contribution in [0.4, 0.5) is 45.5 Å². The van der Waals surface area contributed by atoms with Crippen molar-refractivity contribution in [3.8, 4) is 11.1 Å². The summed E-state index contributed by atoms with van der Waals surface area (Å²) in [6.07, 6.45) is 12.0. The summed E-state index contributed by atoms with van der Waals surface area (Å²) in [7, 11) is 0. The maximum Gasteiger partial charge on any atom is 0.252 e. The molecule has 0 N–H and O–H groups in total. The Morgan fingerprint density at radius 3 is 1.86 bits per heavy atom. The Morgan fingerprint density at radius 1 is 0.479 bits per heavy atom. The second-order valence-electron chi connectivity index (χ2n) is 26.0. The highest BCUT2D eigenvalue weighted by Crippen LogP contribution is 2.60. The van der Waals surface area contributed by atoms with Crippen molar-refractivity contribution >= 4 is 68.6 Å². The average molecular weight is 930 g/mol. The van der Waals surface area contributed by atoms with Crippen LogP contribution in [0.1, 0.15) is 140 Å². The molecule has 1 saturated carbocycles. The molecule has 3 heterocycles. The molecule has 13 rings (SSSR count). The minimum absolute atomic E-state index is 0.0183. The molecule has 2 atom stereocenters. The van der Waals surface area contributed by atoms with Gasteiger partial charge < -0.3 is 14.7 Å². The first-order chi connectivity index (χ1) is 33.9. The van der Waals surface area contributed by atoms with Crippen molar-refractivity contribution in [2.75, 3.05) is 14.7 Å². The van der Waals surface area contributed by atoms with Crippen molar-refractivity contribution in [1.29, 1.82) is 0 Å². The summed E-state index contributed by atoms with van der Waals surface area (Å²) >= 11 is 0. The highest BCUT2D eigenvalue weighted by molar-refractivity contribution is 7.00. The van der Waals surface area contributed by atoms with Gasteiger partial charge in [-0.25, -0.2) is 0 Å². The van der Waals surface area contributed by atoms with Crippen LogP contribution in [0.2, 0.25) is 0 Å². The van der Waals surface area contributed by atoms with Gasteiger partial charge in [-0.3, -0.25) is 0 Å². The smallest absolute Gasteiger partial charge is 0.252 e. The predicted octanol–water partition coefficient (Wildman–Crippen LogP) is 15.8. The summed E-state index contributed by atoms with van der Waals surface area (Å²) < 4.78 is 0. The van der Waals surface area contributed by atoms with Crippen LogP contribution in [0.5, 0.6) is 0 Å². The summed E-state index contributed by atoms with van der Waals surface area (Å²) in [6, 6.07) is 53.5. The lowest BCUT2D eigenvalue weighted by Gasteiger charge is -2.49. The lowest BCUT2D eigenvalue weighted by Crippen LogP contribution is -2.61. The number of benzene rings is 7. The molecule has 0 spiro atoms. The highest BCUT2D eigenvalue weighted by atomic mass is 15.3. The Labute approximate surface area is 425 Å². The van der Waals surface area contributed by atoms with E-state index in [1.54, 1.807) is 0 Å². The van der Waals surface area contributed by atoms with Crippen LogP contribution in [0.3, 0.4) is 0 Å². The van der Waals surface area contributed by atoms with Crippen LogP contribution < -0.4 is 31.1 Å². The Bertz CT molecular complexity index is 3340. The first-order valence-electron chi connectivity index (χ1n) is 27.2. The maximum atomic E-state index is 2.81. The lowest BCUT2D eigenvalue weighted by atomic mass is 9.33. The molecule has 358 valence electrons. The van der Waals surface area contributed by atoms with Gasteiger partial charge >= 0.3 is 0 Å². The van der Waals surface area contributed by atoms with E-state index in [-0.39, 0.29) is 33.9 Å². The Hall–Kier alpha value is -6.00. The largest absolute Gasteiger partial charge is 0.334 e. The van der Waals surface area contributed by atoms with Crippen LogP contribution in [0.15, 0.2) is 133 Å². The number of fused-ring (bicyclic) bond motifs is 9. The zero-order valence-electron chi connectivity index (χ0n) is 44.2. The lowest BCUT2D eigenvalue weighted by molar-refractivity contribution is 0.218. The maximum absolute atomic E-state index is 2.81. The second kappa shape index (κ2) is 15.5. The van der Waals surface area contributed by atoms with Gasteiger partial charge in [0.25, 0.3) is 6.71 Å². The monoisotopic (exact) mass is 930 g/mol. The number of rotatable bonds is 4. The van der Waals surface area contributed by atoms with Crippen LogP contribution >= 0.6 is 0 Å². The third-order valence-corrected chi connectivity index (χ3v) is 18.6. The minimum atomic E-state index is -0.0770. The first-order valence-corrected chi connectivity index (χ1v) is 27.2. The fraction of sp³-hybridized carbons (Fsp3) is 0.373. The van der Waals surface area contributed by atoms with E-state index in [9.17, 15) is 0 Å². The first kappa shape index (κ1) is 44.9. The fourth-order valence-electron chi connectivity index (χ4n) is 15.0. The molecule has 4 heteroatoms. The van der Waals surface area contributed by atoms with Gasteiger partial charge in [0.1, 0.15) is 0 Å². The van der Waals surface area contributed by atoms with Crippen LogP contribution in [-0.2, 0) is 36.5 Å². The van der Waals surface area contributed by atoms with E-state index < -0.39 is 0 Å². The number of hydrogen-bond donors (Lipinski definition) is 0. The van der Waals surface area contributed by atoms with E-state index >= 15 is 0 Å². The summed E-state index contributed by atoms with van der Waals surface area (Å²) in [5.74, 6) is 0. The van der Waals surface area contributed by atoms with Crippen molar-refractivity contribution < 1.29 is 0 Å². The van der Waals surface area contributed by atoms with Gasteiger partial charge in [-0.05, 0) is 190 Å². The Kier molecular flexibility index (Phi) is 9.81. The molecule has 0 bridgehead atoms. The standard InChI is InChI=1S/C67H72BN3/c1-43-32-60-62-61(33-43)70(56-29-25-49(63(2,3)4)37-52(56)44-20-14-13-15-21-44)59-38-51(71-57-23-17-16-22-53(57)66(9)30-18-11-12-19-31-67(66,71)10)27-28-54(59)68(62)55-35-47-41-65(7,8)42-48(47)36-58(55)69(60)50-26-24-45-39-64(5,6)40-46(45)34-50/h13-17,20-29,32-38H,11-12,18-19,30-31,39-42H2,1-10H3. The van der Waals surface area contributed by atoms with Crippen molar-refractivity contribution in [2.45, 2.75) is 150 Å². The molecule has 71 heavy (non-hydrogen) atoms. The van der Waals surface area contributed by atoms with Crippen molar-refractivity contribution in [2.24, 2.45) is 10.8 Å². The SMILES string of the molecule is Cc1cc2c3c(c1)N(c1ccc(C(C)(C)C)cc1-c1ccccc1)c1cc(N4c5ccccc5C5(C)CCCCCCC45C)ccc1B3c1cc3c(cc1N2c1ccc2c(c1)CC(C)(C)C2)CC(C)(C)C3. The predicted molar refractivity (Wildman–Crippen MR) is 304 cm³/mol. The van der Waals surface area contributed by atoms with E-state index in [4.69, 9.17) is 0 Å². The summed E-state index contributed by atoms with van der Waals surface area (Å²) in [4.78, 5) is 8.21. The van der Waals surface area contributed by atoms with Crippen LogP contribution in [0.25, 0.3) is 11.1 Å². The van der Waals surface area contributed by atoms with Gasteiger partial charge in [0, 0.05) is 50.8 Å². The van der Waals surface area contributed by atoms with Crippen molar-refractivity contribution in [1.82, 2.24) is 0 Å². The molecule has 3 aliphatic carbocycles. The van der Waals surface area contributed by atoms with E-state index in [0.717, 1.165) is 25.7 Å². The number of anilines is 8. The second-order valence-corrected chi connectivity index (χ2v) is 26.0. The molecule has 0 amide bonds. The van der Waals surface area contributed by atoms with Crippen LogP contribution in [0, 0.1) is 17.8 Å². The molecule has 0 saturated heterocycles. The quantitative estimate of drug-likeness (QED) is 0.163. The molecular weight excluding hydrogens is 858 g/mol. The Morgan fingerprint density at radius 2 is 1.11 bits per heavy atom. The molecule has 6 aliphatic rings. The summed E-state index contributed by atoms with van der Waals surface area (Å²) in [5, 5.41) is 0. The highest BCUT2D eigenvalue weighted by Gasteiger charge is 2.56. The molecular formula is C67H72BN3. The van der Waals surface area contributed by atoms with Gasteiger partial charge in [-0.2, -0.15) is 0 Å². The van der Waals surface area contributed by atoms with Crippen molar-refractivity contribution in [3.63, 3.8) is 0 Å². The van der Waals surface area contributed by atoms with Gasteiger partial charge in [0.05, 0.1) is 11.2 Å². The number of para-hydroxylation sites is 1. The fourth-order valence-corrected chi connectivity index (χ4v) is 15.0. The van der Waals surface area contributed by atoms with E-state index in [2.05, 4.69) is 217 Å². The van der Waals surface area contributed by atoms with E-state index in [1.165, 1.54) is 150 Å². The van der Waals surface area contributed by atoms with Crippen LogP contribution in [-0.4, -0.2) is 12.3 Å². The molecule has 3 aliphatic heterocycles. The van der Waals surface area contributed by atoms with Gasteiger partial charge in [-0.1, -0.05) is 154 Å². The molecule has 2 unspecified atom stereocenters. The Balaban J connectivity index is 1.11. The molecule has 7 aromatic rings. The van der Waals surface area contributed by atoms with Gasteiger partial charge in [0.15, 0.2) is 0 Å². The molecule has 0 radical (unpaired) electrons. The number of nitrogens with zero attached hydrogens (tertiary/aromatic N) is 3. The number of hydrogen-bond acceptors (Lipinski definition) is 3. The molecule has 1 fully saturated rings. The third kappa shape index (κ3) is 6.82. The number of aryl methyl sites for hydroxylation is 1. The normalized spacial score (nSPS) is 22.2. The molecule has 7 aromatic carbocycles. The van der Waals surface area contributed by atoms with Crippen molar-refractivity contribution in [3.05, 3.63) is 172 Å². The van der Waals surface area contributed by atoms with E-state index in [1.807, 2.05) is 0 Å². The van der Waals surface area contributed by atoms with Gasteiger partial charge in [-0.15, -0.1) is 0 Å². The molecule has 0 aromatic heterocycles. The minimum Gasteiger partial charge on any atom is -0.334 e. The summed E-state index contributed by atoms with van der Waals surface area (Å²) in [6.45, 7) is 24.4. The third-order valence-electron chi connectivity index (χ3n) is 18.6. The summed E-state index contributed by atoms with van der Waals surface area (Å²) in [5.41, 5.74) is 27.8. The van der Waals surface area contributed by atoms with E-state index in [0.29, 0.717) is 0 Å². The topological polar surface area (TPSA) is 9.72 Å². The zero-order chi connectivity index (χ0) is 49.0. The van der Waals surface area contributed by atoms with Gasteiger partial charge in [0.2, 0.25) is 0 Å². The molecule has 3 nitrogen and oxygen atoms in total. The average Bonchev–Trinajstić information content (AvgIpc) is 3.88. The zero-order valence-corrected chi connectivity index (χ0v) is 44.2.